The molecule has 0 bridgehead atoms. The zero-order valence-corrected chi connectivity index (χ0v) is 16.2. The van der Waals surface area contributed by atoms with Crippen molar-refractivity contribution in [1.82, 2.24) is 19.9 Å². The zero-order valence-electron chi connectivity index (χ0n) is 16.2. The molecule has 0 unspecified atom stereocenters. The van der Waals surface area contributed by atoms with Crippen LogP contribution in [-0.4, -0.2) is 39.4 Å². The monoisotopic (exact) mass is 388 g/mol. The molecule has 4 heterocycles. The molecule has 7 heteroatoms. The SMILES string of the molecule is COc1ccc2c(C)c(C(=O)N3CCc4[nH]cnc4[C@@H]3c3ccccn3)oc2c1. The smallest absolute Gasteiger partial charge is 0.290 e. The number of pyridine rings is 1. The molecule has 1 aliphatic rings. The summed E-state index contributed by atoms with van der Waals surface area (Å²) in [6.07, 6.45) is 4.11. The van der Waals surface area contributed by atoms with Gasteiger partial charge in [0.15, 0.2) is 5.76 Å². The fraction of sp³-hybridized carbons (Fsp3) is 0.227. The molecule has 1 atom stereocenters. The van der Waals surface area contributed by atoms with E-state index in [1.807, 2.05) is 37.3 Å². The lowest BCUT2D eigenvalue weighted by molar-refractivity contribution is 0.0656. The average Bonchev–Trinajstić information content (AvgIpc) is 3.37. The lowest BCUT2D eigenvalue weighted by atomic mass is 9.98. The lowest BCUT2D eigenvalue weighted by Gasteiger charge is -2.34. The van der Waals surface area contributed by atoms with Crippen molar-refractivity contribution in [2.24, 2.45) is 0 Å². The molecule has 0 saturated carbocycles. The van der Waals surface area contributed by atoms with Gasteiger partial charge in [0, 0.05) is 41.9 Å². The molecule has 146 valence electrons. The number of furan rings is 1. The standard InChI is InChI=1S/C22H20N4O3/c1-13-15-7-6-14(28-2)11-18(15)29-21(13)22(27)26-10-8-16-19(25-12-24-16)20(26)17-5-3-4-9-23-17/h3-7,9,11-12,20H,8,10H2,1-2H3,(H,24,25)/t20-/m0/s1. The van der Waals surface area contributed by atoms with Crippen LogP contribution < -0.4 is 4.74 Å². The number of benzene rings is 1. The largest absolute Gasteiger partial charge is 0.497 e. The fourth-order valence-electron chi connectivity index (χ4n) is 4.00. The Bertz CT molecular complexity index is 1200. The molecule has 0 saturated heterocycles. The number of nitrogens with zero attached hydrogens (tertiary/aromatic N) is 3. The second-order valence-electron chi connectivity index (χ2n) is 7.09. The van der Waals surface area contributed by atoms with Crippen molar-refractivity contribution >= 4 is 16.9 Å². The van der Waals surface area contributed by atoms with Gasteiger partial charge in [0.25, 0.3) is 5.91 Å². The molecule has 1 N–H and O–H groups in total. The number of fused-ring (bicyclic) bond motifs is 2. The third-order valence-electron chi connectivity index (χ3n) is 5.49. The molecular weight excluding hydrogens is 368 g/mol. The number of nitrogens with one attached hydrogen (secondary N) is 1. The van der Waals surface area contributed by atoms with Gasteiger partial charge < -0.3 is 19.0 Å². The van der Waals surface area contributed by atoms with Crippen LogP contribution in [0.3, 0.4) is 0 Å². The molecule has 0 radical (unpaired) electrons. The van der Waals surface area contributed by atoms with Gasteiger partial charge in [-0.1, -0.05) is 6.07 Å². The predicted molar refractivity (Wildman–Crippen MR) is 107 cm³/mol. The number of H-pyrrole nitrogens is 1. The van der Waals surface area contributed by atoms with Crippen molar-refractivity contribution in [1.29, 1.82) is 0 Å². The summed E-state index contributed by atoms with van der Waals surface area (Å²) in [6.45, 7) is 2.46. The Morgan fingerprint density at radius 2 is 2.17 bits per heavy atom. The molecule has 29 heavy (non-hydrogen) atoms. The summed E-state index contributed by atoms with van der Waals surface area (Å²) in [5, 5.41) is 0.904. The summed E-state index contributed by atoms with van der Waals surface area (Å²) in [4.78, 5) is 27.6. The van der Waals surface area contributed by atoms with E-state index >= 15 is 0 Å². The van der Waals surface area contributed by atoms with E-state index in [4.69, 9.17) is 9.15 Å². The summed E-state index contributed by atoms with van der Waals surface area (Å²) in [7, 11) is 1.61. The first kappa shape index (κ1) is 17.5. The van der Waals surface area contributed by atoms with E-state index in [0.29, 0.717) is 30.1 Å². The maximum Gasteiger partial charge on any atom is 0.290 e. The van der Waals surface area contributed by atoms with Crippen molar-refractivity contribution in [3.8, 4) is 5.75 Å². The van der Waals surface area contributed by atoms with Gasteiger partial charge in [0.2, 0.25) is 0 Å². The van der Waals surface area contributed by atoms with E-state index < -0.39 is 0 Å². The number of carbonyl (C=O) groups excluding carboxylic acids is 1. The molecule has 1 aromatic carbocycles. The Labute approximate surface area is 167 Å². The van der Waals surface area contributed by atoms with Gasteiger partial charge in [-0.15, -0.1) is 0 Å². The minimum absolute atomic E-state index is 0.165. The number of carbonyl (C=O) groups is 1. The molecule has 0 spiro atoms. The number of aromatic nitrogens is 3. The number of hydrogen-bond donors (Lipinski definition) is 1. The summed E-state index contributed by atoms with van der Waals surface area (Å²) in [5.41, 5.74) is 4.11. The zero-order chi connectivity index (χ0) is 20.0. The Morgan fingerprint density at radius 1 is 1.28 bits per heavy atom. The van der Waals surface area contributed by atoms with E-state index in [1.165, 1.54) is 0 Å². The van der Waals surface area contributed by atoms with Crippen LogP contribution >= 0.6 is 0 Å². The van der Waals surface area contributed by atoms with E-state index in [2.05, 4.69) is 15.0 Å². The molecule has 0 fully saturated rings. The summed E-state index contributed by atoms with van der Waals surface area (Å²) in [5.74, 6) is 0.867. The van der Waals surface area contributed by atoms with Crippen LogP contribution in [0.5, 0.6) is 5.75 Å². The Morgan fingerprint density at radius 3 is 2.97 bits per heavy atom. The fourth-order valence-corrected chi connectivity index (χ4v) is 4.00. The molecule has 3 aromatic heterocycles. The molecule has 5 rings (SSSR count). The van der Waals surface area contributed by atoms with Crippen LogP contribution in [0, 0.1) is 6.92 Å². The van der Waals surface area contributed by atoms with Crippen LogP contribution in [0.1, 0.15) is 39.2 Å². The van der Waals surface area contributed by atoms with Crippen LogP contribution in [0.25, 0.3) is 11.0 Å². The van der Waals surface area contributed by atoms with Crippen molar-refractivity contribution in [2.45, 2.75) is 19.4 Å². The van der Waals surface area contributed by atoms with E-state index in [1.54, 1.807) is 30.6 Å². The van der Waals surface area contributed by atoms with Gasteiger partial charge in [0.1, 0.15) is 17.4 Å². The highest BCUT2D eigenvalue weighted by Crippen LogP contribution is 2.35. The number of hydrogen-bond acceptors (Lipinski definition) is 5. The number of rotatable bonds is 3. The number of aromatic amines is 1. The number of ether oxygens (including phenoxy) is 1. The van der Waals surface area contributed by atoms with Crippen molar-refractivity contribution in [3.63, 3.8) is 0 Å². The minimum Gasteiger partial charge on any atom is -0.497 e. The number of amides is 1. The normalized spacial score (nSPS) is 16.1. The third-order valence-corrected chi connectivity index (χ3v) is 5.49. The van der Waals surface area contributed by atoms with Gasteiger partial charge in [-0.3, -0.25) is 9.78 Å². The first-order valence-electron chi connectivity index (χ1n) is 9.48. The summed E-state index contributed by atoms with van der Waals surface area (Å²) in [6, 6.07) is 10.9. The van der Waals surface area contributed by atoms with Gasteiger partial charge in [-0.25, -0.2) is 4.98 Å². The maximum absolute atomic E-state index is 13.6. The van der Waals surface area contributed by atoms with Crippen molar-refractivity contribution < 1.29 is 13.9 Å². The highest BCUT2D eigenvalue weighted by atomic mass is 16.5. The van der Waals surface area contributed by atoms with E-state index in [0.717, 1.165) is 28.0 Å². The van der Waals surface area contributed by atoms with Crippen molar-refractivity contribution in [2.75, 3.05) is 13.7 Å². The molecule has 1 amide bonds. The molecule has 4 aromatic rings. The molecule has 1 aliphatic heterocycles. The molecular formula is C22H20N4O3. The predicted octanol–water partition coefficient (Wildman–Crippen LogP) is 3.66. The molecule has 7 nitrogen and oxygen atoms in total. The summed E-state index contributed by atoms with van der Waals surface area (Å²) >= 11 is 0. The topological polar surface area (TPSA) is 84.2 Å². The first-order chi connectivity index (χ1) is 14.2. The second kappa shape index (κ2) is 6.77. The van der Waals surface area contributed by atoms with Crippen LogP contribution in [0.15, 0.2) is 53.3 Å². The lowest BCUT2D eigenvalue weighted by Crippen LogP contribution is -2.41. The van der Waals surface area contributed by atoms with E-state index in [-0.39, 0.29) is 11.9 Å². The van der Waals surface area contributed by atoms with Crippen LogP contribution in [0.4, 0.5) is 0 Å². The van der Waals surface area contributed by atoms with E-state index in [9.17, 15) is 4.79 Å². The van der Waals surface area contributed by atoms with Gasteiger partial charge >= 0.3 is 0 Å². The quantitative estimate of drug-likeness (QED) is 0.579. The average molecular weight is 388 g/mol. The number of methoxy groups -OCH3 is 1. The van der Waals surface area contributed by atoms with Gasteiger partial charge in [-0.05, 0) is 31.2 Å². The number of imidazole rings is 1. The summed E-state index contributed by atoms with van der Waals surface area (Å²) < 4.78 is 11.3. The van der Waals surface area contributed by atoms with Crippen LogP contribution in [-0.2, 0) is 6.42 Å². The third kappa shape index (κ3) is 2.77. The maximum atomic E-state index is 13.6. The van der Waals surface area contributed by atoms with Gasteiger partial charge in [-0.2, -0.15) is 0 Å². The second-order valence-corrected chi connectivity index (χ2v) is 7.09. The van der Waals surface area contributed by atoms with Gasteiger partial charge in [0.05, 0.1) is 24.8 Å². The first-order valence-corrected chi connectivity index (χ1v) is 9.48. The molecule has 0 aliphatic carbocycles. The highest BCUT2D eigenvalue weighted by molar-refractivity contribution is 5.99. The Balaban J connectivity index is 1.60. The Hall–Kier alpha value is -3.61. The minimum atomic E-state index is -0.360. The van der Waals surface area contributed by atoms with Crippen molar-refractivity contribution in [3.05, 3.63) is 77.3 Å². The Kier molecular flexibility index (Phi) is 4.08. The highest BCUT2D eigenvalue weighted by Gasteiger charge is 2.37. The van der Waals surface area contributed by atoms with Crippen LogP contribution in [0.2, 0.25) is 0 Å². The number of aryl methyl sites for hydroxylation is 1.